The molecule has 1 nitrogen and oxygen atoms in total. The van der Waals surface area contributed by atoms with Gasteiger partial charge in [0.2, 0.25) is 0 Å². The first-order valence-electron chi connectivity index (χ1n) is 3.90. The van der Waals surface area contributed by atoms with E-state index in [4.69, 9.17) is 0 Å². The second kappa shape index (κ2) is 4.89. The zero-order valence-corrected chi connectivity index (χ0v) is 7.39. The van der Waals surface area contributed by atoms with E-state index in [0.717, 1.165) is 12.8 Å². The summed E-state index contributed by atoms with van der Waals surface area (Å²) in [5.41, 5.74) is 0.654. The van der Waals surface area contributed by atoms with E-state index < -0.39 is 0 Å². The van der Waals surface area contributed by atoms with Gasteiger partial charge < -0.3 is 0 Å². The van der Waals surface area contributed by atoms with Crippen LogP contribution in [-0.2, 0) is 4.79 Å². The van der Waals surface area contributed by atoms with Gasteiger partial charge in [0.15, 0.2) is 5.78 Å². The maximum atomic E-state index is 11.2. The van der Waals surface area contributed by atoms with Crippen molar-refractivity contribution in [2.75, 3.05) is 0 Å². The standard InChI is InChI=1S/C10H16O/c1-5-6-7-9(4)10(11)8(2)3/h5,9H,1-2,6-7H2,3-4H3. The molecule has 0 aliphatic carbocycles. The highest BCUT2D eigenvalue weighted by atomic mass is 16.1. The number of carbonyl (C=O) groups excluding carboxylic acids is 1. The molecule has 1 unspecified atom stereocenters. The fourth-order valence-electron chi connectivity index (χ4n) is 0.920. The number of hydrogen-bond donors (Lipinski definition) is 0. The van der Waals surface area contributed by atoms with Gasteiger partial charge in [0.1, 0.15) is 0 Å². The van der Waals surface area contributed by atoms with Crippen molar-refractivity contribution in [1.82, 2.24) is 0 Å². The Morgan fingerprint density at radius 3 is 2.55 bits per heavy atom. The van der Waals surface area contributed by atoms with Crippen molar-refractivity contribution in [3.63, 3.8) is 0 Å². The van der Waals surface area contributed by atoms with Crippen molar-refractivity contribution in [3.05, 3.63) is 24.8 Å². The lowest BCUT2D eigenvalue weighted by molar-refractivity contribution is -0.118. The minimum Gasteiger partial charge on any atom is -0.294 e. The van der Waals surface area contributed by atoms with E-state index in [0.29, 0.717) is 5.57 Å². The average Bonchev–Trinajstić information content (AvgIpc) is 1.98. The molecule has 11 heavy (non-hydrogen) atoms. The van der Waals surface area contributed by atoms with Gasteiger partial charge >= 0.3 is 0 Å². The summed E-state index contributed by atoms with van der Waals surface area (Å²) in [6.07, 6.45) is 3.62. The monoisotopic (exact) mass is 152 g/mol. The van der Waals surface area contributed by atoms with Crippen molar-refractivity contribution < 1.29 is 4.79 Å². The molecule has 62 valence electrons. The highest BCUT2D eigenvalue weighted by Crippen LogP contribution is 2.10. The van der Waals surface area contributed by atoms with Gasteiger partial charge in [0.05, 0.1) is 0 Å². The third-order valence-electron chi connectivity index (χ3n) is 1.67. The molecule has 0 aromatic heterocycles. The molecule has 0 rings (SSSR count). The largest absolute Gasteiger partial charge is 0.294 e. The number of ketones is 1. The highest BCUT2D eigenvalue weighted by Gasteiger charge is 2.11. The van der Waals surface area contributed by atoms with Gasteiger partial charge in [-0.15, -0.1) is 6.58 Å². The van der Waals surface area contributed by atoms with Crippen molar-refractivity contribution >= 4 is 5.78 Å². The first kappa shape index (κ1) is 10.2. The van der Waals surface area contributed by atoms with Gasteiger partial charge in [0, 0.05) is 5.92 Å². The molecule has 0 aliphatic rings. The molecule has 0 spiro atoms. The van der Waals surface area contributed by atoms with E-state index in [1.807, 2.05) is 13.0 Å². The molecule has 0 N–H and O–H groups in total. The molecule has 0 saturated heterocycles. The molecule has 0 fully saturated rings. The predicted molar refractivity (Wildman–Crippen MR) is 48.4 cm³/mol. The van der Waals surface area contributed by atoms with E-state index in [9.17, 15) is 4.79 Å². The molecule has 1 atom stereocenters. The highest BCUT2D eigenvalue weighted by molar-refractivity contribution is 5.95. The molecule has 0 amide bonds. The summed E-state index contributed by atoms with van der Waals surface area (Å²) in [7, 11) is 0. The summed E-state index contributed by atoms with van der Waals surface area (Å²) in [5, 5.41) is 0. The van der Waals surface area contributed by atoms with Crippen molar-refractivity contribution in [2.24, 2.45) is 5.92 Å². The summed E-state index contributed by atoms with van der Waals surface area (Å²) in [6, 6.07) is 0. The van der Waals surface area contributed by atoms with Crippen LogP contribution in [0.5, 0.6) is 0 Å². The summed E-state index contributed by atoms with van der Waals surface area (Å²) in [5.74, 6) is 0.275. The summed E-state index contributed by atoms with van der Waals surface area (Å²) in [4.78, 5) is 11.2. The van der Waals surface area contributed by atoms with Crippen LogP contribution < -0.4 is 0 Å². The summed E-state index contributed by atoms with van der Waals surface area (Å²) < 4.78 is 0. The van der Waals surface area contributed by atoms with Crippen LogP contribution in [0.15, 0.2) is 24.8 Å². The van der Waals surface area contributed by atoms with Gasteiger partial charge in [-0.2, -0.15) is 0 Å². The molecular formula is C10H16O. The maximum absolute atomic E-state index is 11.2. The van der Waals surface area contributed by atoms with Crippen LogP contribution in [0.4, 0.5) is 0 Å². The number of carbonyl (C=O) groups is 1. The van der Waals surface area contributed by atoms with Crippen molar-refractivity contribution in [3.8, 4) is 0 Å². The van der Waals surface area contributed by atoms with Crippen molar-refractivity contribution in [2.45, 2.75) is 26.7 Å². The zero-order chi connectivity index (χ0) is 8.85. The molecule has 0 aliphatic heterocycles. The van der Waals surface area contributed by atoms with Gasteiger partial charge in [-0.25, -0.2) is 0 Å². The third kappa shape index (κ3) is 3.76. The van der Waals surface area contributed by atoms with E-state index in [1.165, 1.54) is 0 Å². The smallest absolute Gasteiger partial charge is 0.160 e. The van der Waals surface area contributed by atoms with E-state index in [-0.39, 0.29) is 11.7 Å². The van der Waals surface area contributed by atoms with Crippen LogP contribution in [0.25, 0.3) is 0 Å². The van der Waals surface area contributed by atoms with Crippen LogP contribution in [0, 0.1) is 5.92 Å². The third-order valence-corrected chi connectivity index (χ3v) is 1.67. The Kier molecular flexibility index (Phi) is 4.51. The lowest BCUT2D eigenvalue weighted by Crippen LogP contribution is -2.10. The van der Waals surface area contributed by atoms with Crippen LogP contribution in [0.3, 0.4) is 0 Å². The Labute approximate surface area is 68.8 Å². The van der Waals surface area contributed by atoms with Crippen LogP contribution in [-0.4, -0.2) is 5.78 Å². The summed E-state index contributed by atoms with van der Waals surface area (Å²) >= 11 is 0. The summed E-state index contributed by atoms with van der Waals surface area (Å²) in [6.45, 7) is 10.9. The zero-order valence-electron chi connectivity index (χ0n) is 7.39. The Morgan fingerprint density at radius 1 is 1.64 bits per heavy atom. The Morgan fingerprint density at radius 2 is 2.18 bits per heavy atom. The second-order valence-corrected chi connectivity index (χ2v) is 2.91. The number of rotatable bonds is 5. The van der Waals surface area contributed by atoms with Crippen LogP contribution in [0.2, 0.25) is 0 Å². The normalized spacial score (nSPS) is 12.2. The predicted octanol–water partition coefficient (Wildman–Crippen LogP) is 2.73. The van der Waals surface area contributed by atoms with E-state index in [1.54, 1.807) is 6.92 Å². The van der Waals surface area contributed by atoms with Crippen LogP contribution >= 0.6 is 0 Å². The lowest BCUT2D eigenvalue weighted by atomic mass is 9.97. The fourth-order valence-corrected chi connectivity index (χ4v) is 0.920. The Hall–Kier alpha value is -0.850. The molecule has 0 bridgehead atoms. The molecule has 0 aromatic carbocycles. The van der Waals surface area contributed by atoms with Gasteiger partial charge in [-0.05, 0) is 25.3 Å². The van der Waals surface area contributed by atoms with Gasteiger partial charge in [-0.3, -0.25) is 4.79 Å². The Balaban J connectivity index is 3.82. The minimum absolute atomic E-state index is 0.102. The van der Waals surface area contributed by atoms with Gasteiger partial charge in [-0.1, -0.05) is 19.6 Å². The molecular weight excluding hydrogens is 136 g/mol. The molecule has 0 heterocycles. The molecule has 1 heteroatoms. The Bertz CT molecular complexity index is 168. The van der Waals surface area contributed by atoms with Gasteiger partial charge in [0.25, 0.3) is 0 Å². The van der Waals surface area contributed by atoms with E-state index in [2.05, 4.69) is 13.2 Å². The number of allylic oxidation sites excluding steroid dienone is 2. The SMILES string of the molecule is C=CCCC(C)C(=O)C(=C)C. The minimum atomic E-state index is 0.102. The number of hydrogen-bond acceptors (Lipinski definition) is 1. The molecule has 0 aromatic rings. The average molecular weight is 152 g/mol. The topological polar surface area (TPSA) is 17.1 Å². The van der Waals surface area contributed by atoms with E-state index >= 15 is 0 Å². The molecule has 0 saturated carbocycles. The first-order valence-corrected chi connectivity index (χ1v) is 3.90. The van der Waals surface area contributed by atoms with Crippen LogP contribution in [0.1, 0.15) is 26.7 Å². The molecule has 0 radical (unpaired) electrons. The quantitative estimate of drug-likeness (QED) is 0.437. The fraction of sp³-hybridized carbons (Fsp3) is 0.500. The maximum Gasteiger partial charge on any atom is 0.160 e. The number of Topliss-reactive ketones (excluding diaryl/α,β-unsaturated/α-hetero) is 1. The first-order chi connectivity index (χ1) is 5.09. The second-order valence-electron chi connectivity index (χ2n) is 2.91. The van der Waals surface area contributed by atoms with Crippen molar-refractivity contribution in [1.29, 1.82) is 0 Å². The lowest BCUT2D eigenvalue weighted by Gasteiger charge is -2.07.